The van der Waals surface area contributed by atoms with Crippen LogP contribution in [0.3, 0.4) is 0 Å². The molecule has 0 aliphatic carbocycles. The van der Waals surface area contributed by atoms with Crippen molar-refractivity contribution in [3.63, 3.8) is 0 Å². The molecule has 1 N–H and O–H groups in total. The number of hydrogen-bond donors (Lipinski definition) is 1. The van der Waals surface area contributed by atoms with Crippen LogP contribution >= 0.6 is 11.3 Å². The van der Waals surface area contributed by atoms with Crippen LogP contribution in [0, 0.1) is 0 Å². The van der Waals surface area contributed by atoms with Gasteiger partial charge < -0.3 is 5.32 Å². The predicted octanol–water partition coefficient (Wildman–Crippen LogP) is 5.39. The standard InChI is InChI=1S/C27H27N3O2S/c1-3-19(2)20-11-13-22(14-12-20)27(24-10-7-17-33-24)28-25(31)18-30-26(32)16-15-23(29-30)21-8-5-4-6-9-21/h4-17,19,27H,3,18H2,1-2H3,(H,28,31). The highest BCUT2D eigenvalue weighted by molar-refractivity contribution is 7.10. The van der Waals surface area contributed by atoms with Crippen molar-refractivity contribution in [3.8, 4) is 11.3 Å². The zero-order valence-electron chi connectivity index (χ0n) is 18.8. The minimum absolute atomic E-state index is 0.146. The van der Waals surface area contributed by atoms with E-state index < -0.39 is 0 Å². The van der Waals surface area contributed by atoms with Crippen LogP contribution in [0.5, 0.6) is 0 Å². The summed E-state index contributed by atoms with van der Waals surface area (Å²) in [6.45, 7) is 4.24. The zero-order chi connectivity index (χ0) is 23.2. The van der Waals surface area contributed by atoms with Crippen molar-refractivity contribution in [2.24, 2.45) is 0 Å². The van der Waals surface area contributed by atoms with Crippen molar-refractivity contribution in [3.05, 3.63) is 111 Å². The minimum Gasteiger partial charge on any atom is -0.343 e. The van der Waals surface area contributed by atoms with E-state index in [1.54, 1.807) is 17.4 Å². The van der Waals surface area contributed by atoms with E-state index >= 15 is 0 Å². The number of amides is 1. The van der Waals surface area contributed by atoms with Crippen molar-refractivity contribution in [1.29, 1.82) is 0 Å². The average molecular weight is 458 g/mol. The van der Waals surface area contributed by atoms with E-state index in [9.17, 15) is 9.59 Å². The number of rotatable bonds is 8. The minimum atomic E-state index is -0.310. The Kier molecular flexibility index (Phi) is 7.15. The zero-order valence-corrected chi connectivity index (χ0v) is 19.6. The van der Waals surface area contributed by atoms with E-state index in [1.807, 2.05) is 47.8 Å². The molecule has 0 spiro atoms. The molecule has 0 aliphatic rings. The molecule has 2 unspecified atom stereocenters. The molecule has 0 fully saturated rings. The van der Waals surface area contributed by atoms with Crippen LogP contribution in [0.4, 0.5) is 0 Å². The lowest BCUT2D eigenvalue weighted by Gasteiger charge is -2.19. The Morgan fingerprint density at radius 1 is 0.970 bits per heavy atom. The molecule has 0 bridgehead atoms. The summed E-state index contributed by atoms with van der Waals surface area (Å²) in [6, 6.07) is 24.8. The Hall–Kier alpha value is -3.51. The number of benzene rings is 2. The lowest BCUT2D eigenvalue weighted by molar-refractivity contribution is -0.122. The molecule has 2 aromatic carbocycles. The first-order valence-electron chi connectivity index (χ1n) is 11.1. The third kappa shape index (κ3) is 5.46. The number of nitrogens with zero attached hydrogens (tertiary/aromatic N) is 2. The van der Waals surface area contributed by atoms with Crippen molar-refractivity contribution in [2.45, 2.75) is 38.8 Å². The largest absolute Gasteiger partial charge is 0.343 e. The number of aromatic nitrogens is 2. The maximum absolute atomic E-state index is 13.0. The topological polar surface area (TPSA) is 64.0 Å². The highest BCUT2D eigenvalue weighted by Gasteiger charge is 2.19. The highest BCUT2D eigenvalue weighted by Crippen LogP contribution is 2.28. The van der Waals surface area contributed by atoms with Crippen LogP contribution in [0.15, 0.2) is 89.0 Å². The fraction of sp³-hybridized carbons (Fsp3) is 0.222. The van der Waals surface area contributed by atoms with Gasteiger partial charge in [0.25, 0.3) is 5.56 Å². The Balaban J connectivity index is 1.55. The van der Waals surface area contributed by atoms with Crippen LogP contribution in [0.1, 0.15) is 48.2 Å². The molecule has 2 heterocycles. The summed E-state index contributed by atoms with van der Waals surface area (Å²) >= 11 is 1.59. The molecule has 0 aliphatic heterocycles. The Morgan fingerprint density at radius 3 is 2.36 bits per heavy atom. The number of hydrogen-bond acceptors (Lipinski definition) is 4. The van der Waals surface area contributed by atoms with Gasteiger partial charge in [-0.15, -0.1) is 11.3 Å². The lowest BCUT2D eigenvalue weighted by atomic mass is 9.95. The summed E-state index contributed by atoms with van der Waals surface area (Å²) in [5.74, 6) is 0.225. The quantitative estimate of drug-likeness (QED) is 0.386. The van der Waals surface area contributed by atoms with Gasteiger partial charge in [0.2, 0.25) is 5.91 Å². The number of thiophene rings is 1. The van der Waals surface area contributed by atoms with E-state index in [0.717, 1.165) is 22.4 Å². The molecule has 6 heteroatoms. The maximum Gasteiger partial charge on any atom is 0.267 e. The van der Waals surface area contributed by atoms with E-state index in [-0.39, 0.29) is 24.1 Å². The summed E-state index contributed by atoms with van der Waals surface area (Å²) in [7, 11) is 0. The van der Waals surface area contributed by atoms with Crippen molar-refractivity contribution in [1.82, 2.24) is 15.1 Å². The summed E-state index contributed by atoms with van der Waals surface area (Å²) < 4.78 is 1.22. The summed E-state index contributed by atoms with van der Waals surface area (Å²) in [5.41, 5.74) is 3.53. The SMILES string of the molecule is CCC(C)c1ccc(C(NC(=O)Cn2nc(-c3ccccc3)ccc2=O)c2cccs2)cc1. The third-order valence-corrected chi connectivity index (χ3v) is 6.75. The van der Waals surface area contributed by atoms with Gasteiger partial charge in [-0.25, -0.2) is 4.68 Å². The van der Waals surface area contributed by atoms with Crippen LogP contribution in [-0.4, -0.2) is 15.7 Å². The van der Waals surface area contributed by atoms with Gasteiger partial charge in [-0.2, -0.15) is 5.10 Å². The van der Waals surface area contributed by atoms with Crippen molar-refractivity contribution >= 4 is 17.2 Å². The predicted molar refractivity (Wildman–Crippen MR) is 133 cm³/mol. The molecule has 4 rings (SSSR count). The molecule has 4 aromatic rings. The highest BCUT2D eigenvalue weighted by atomic mass is 32.1. The first-order chi connectivity index (χ1) is 16.0. The molecule has 0 saturated heterocycles. The molecule has 2 aromatic heterocycles. The van der Waals surface area contributed by atoms with E-state index in [4.69, 9.17) is 0 Å². The molecular formula is C27H27N3O2S. The van der Waals surface area contributed by atoms with Gasteiger partial charge in [-0.1, -0.05) is 74.5 Å². The molecule has 1 amide bonds. The van der Waals surface area contributed by atoms with E-state index in [1.165, 1.54) is 16.3 Å². The fourth-order valence-electron chi connectivity index (χ4n) is 3.69. The number of carbonyl (C=O) groups excluding carboxylic acids is 1. The first-order valence-corrected chi connectivity index (χ1v) is 12.0. The van der Waals surface area contributed by atoms with Crippen LogP contribution in [0.25, 0.3) is 11.3 Å². The van der Waals surface area contributed by atoms with E-state index in [2.05, 4.69) is 48.5 Å². The van der Waals surface area contributed by atoms with Gasteiger partial charge in [-0.3, -0.25) is 9.59 Å². The Morgan fingerprint density at radius 2 is 1.70 bits per heavy atom. The lowest BCUT2D eigenvalue weighted by Crippen LogP contribution is -2.35. The second-order valence-corrected chi connectivity index (χ2v) is 9.05. The number of carbonyl (C=O) groups is 1. The van der Waals surface area contributed by atoms with Gasteiger partial charge in [0, 0.05) is 16.5 Å². The van der Waals surface area contributed by atoms with Gasteiger partial charge in [0.1, 0.15) is 6.54 Å². The van der Waals surface area contributed by atoms with Gasteiger partial charge in [0.15, 0.2) is 0 Å². The fourth-order valence-corrected chi connectivity index (χ4v) is 4.50. The molecule has 2 atom stereocenters. The molecule has 33 heavy (non-hydrogen) atoms. The van der Waals surface area contributed by atoms with Gasteiger partial charge in [0.05, 0.1) is 11.7 Å². The Labute approximate surface area is 197 Å². The normalized spacial score (nSPS) is 12.8. The van der Waals surface area contributed by atoms with Crippen LogP contribution in [-0.2, 0) is 11.3 Å². The molecule has 0 saturated carbocycles. The first kappa shape index (κ1) is 22.7. The van der Waals surface area contributed by atoms with Crippen molar-refractivity contribution < 1.29 is 4.79 Å². The molecule has 5 nitrogen and oxygen atoms in total. The number of nitrogens with one attached hydrogen (secondary N) is 1. The van der Waals surface area contributed by atoms with Crippen LogP contribution < -0.4 is 10.9 Å². The molecule has 168 valence electrons. The van der Waals surface area contributed by atoms with Gasteiger partial charge in [-0.05, 0) is 41.0 Å². The third-order valence-electron chi connectivity index (χ3n) is 5.81. The molecule has 0 radical (unpaired) electrons. The summed E-state index contributed by atoms with van der Waals surface area (Å²) in [5, 5.41) is 9.51. The maximum atomic E-state index is 13.0. The Bertz CT molecular complexity index is 1250. The average Bonchev–Trinajstić information content (AvgIpc) is 3.39. The smallest absolute Gasteiger partial charge is 0.267 e. The monoisotopic (exact) mass is 457 g/mol. The van der Waals surface area contributed by atoms with Gasteiger partial charge >= 0.3 is 0 Å². The summed E-state index contributed by atoms with van der Waals surface area (Å²) in [6.07, 6.45) is 1.08. The summed E-state index contributed by atoms with van der Waals surface area (Å²) in [4.78, 5) is 26.4. The second-order valence-electron chi connectivity index (χ2n) is 8.07. The van der Waals surface area contributed by atoms with E-state index in [0.29, 0.717) is 11.6 Å². The second kappa shape index (κ2) is 10.4. The van der Waals surface area contributed by atoms with Crippen LogP contribution in [0.2, 0.25) is 0 Å². The molecular weight excluding hydrogens is 430 g/mol. The van der Waals surface area contributed by atoms with Crippen molar-refractivity contribution in [2.75, 3.05) is 0 Å².